The number of hydrogen-bond donors (Lipinski definition) is 2. The molecule has 0 aromatic heterocycles. The molecule has 0 bridgehead atoms. The van der Waals surface area contributed by atoms with Crippen molar-refractivity contribution in [3.05, 3.63) is 23.3 Å². The molecule has 19 heavy (non-hydrogen) atoms. The summed E-state index contributed by atoms with van der Waals surface area (Å²) in [5.74, 6) is 0.336. The van der Waals surface area contributed by atoms with Crippen molar-refractivity contribution in [1.82, 2.24) is 5.32 Å². The summed E-state index contributed by atoms with van der Waals surface area (Å²) in [7, 11) is -2.11. The number of benzene rings is 1. The third-order valence-corrected chi connectivity index (χ3v) is 3.99. The van der Waals surface area contributed by atoms with Crippen LogP contribution in [0.3, 0.4) is 0 Å². The number of hydrogen-bond acceptors (Lipinski definition) is 4. The maximum absolute atomic E-state index is 11.4. The first-order valence-corrected chi connectivity index (χ1v) is 7.55. The zero-order valence-electron chi connectivity index (χ0n) is 10.8. The molecule has 0 aliphatic carbocycles. The molecule has 0 spiro atoms. The van der Waals surface area contributed by atoms with Crippen molar-refractivity contribution < 1.29 is 17.9 Å². The summed E-state index contributed by atoms with van der Waals surface area (Å²) in [5.41, 5.74) is 1.70. The van der Waals surface area contributed by atoms with Gasteiger partial charge in [-0.25, -0.2) is 13.2 Å². The van der Waals surface area contributed by atoms with Gasteiger partial charge in [0.05, 0.1) is 5.69 Å². The molecule has 8 heteroatoms. The van der Waals surface area contributed by atoms with Gasteiger partial charge in [-0.3, -0.25) is 4.72 Å². The molecule has 1 aromatic carbocycles. The van der Waals surface area contributed by atoms with Gasteiger partial charge in [0.25, 0.3) is 0 Å². The molecule has 1 rings (SSSR count). The van der Waals surface area contributed by atoms with Gasteiger partial charge in [0.2, 0.25) is 10.0 Å². The summed E-state index contributed by atoms with van der Waals surface area (Å²) in [6, 6.07) is 3.13. The number of alkyl halides is 1. The van der Waals surface area contributed by atoms with E-state index in [2.05, 4.69) is 10.0 Å². The summed E-state index contributed by atoms with van der Waals surface area (Å²) in [5, 5.41) is 1.80. The zero-order valence-corrected chi connectivity index (χ0v) is 12.4. The molecule has 0 aliphatic rings. The van der Waals surface area contributed by atoms with Crippen molar-refractivity contribution in [3.63, 3.8) is 0 Å². The van der Waals surface area contributed by atoms with Crippen molar-refractivity contribution in [2.24, 2.45) is 0 Å². The van der Waals surface area contributed by atoms with E-state index in [0.29, 0.717) is 22.6 Å². The molecule has 0 saturated heterocycles. The molecule has 1 aromatic rings. The number of rotatable bonds is 4. The molecule has 0 unspecified atom stereocenters. The highest BCUT2D eigenvalue weighted by atomic mass is 35.5. The molecule has 0 aliphatic heterocycles. The van der Waals surface area contributed by atoms with Gasteiger partial charge in [0.1, 0.15) is 11.0 Å². The fourth-order valence-corrected chi connectivity index (χ4v) is 2.34. The van der Waals surface area contributed by atoms with E-state index < -0.39 is 21.3 Å². The Balaban J connectivity index is 3.08. The highest BCUT2D eigenvalue weighted by Crippen LogP contribution is 2.27. The molecule has 106 valence electrons. The fourth-order valence-electron chi connectivity index (χ4n) is 1.48. The van der Waals surface area contributed by atoms with Crippen LogP contribution in [0.1, 0.15) is 11.1 Å². The number of anilines is 1. The maximum atomic E-state index is 11.4. The van der Waals surface area contributed by atoms with Crippen LogP contribution >= 0.6 is 11.6 Å². The molecule has 0 saturated carbocycles. The van der Waals surface area contributed by atoms with Crippen molar-refractivity contribution in [1.29, 1.82) is 0 Å². The predicted octanol–water partition coefficient (Wildman–Crippen LogP) is 1.96. The molecule has 0 heterocycles. The Kier molecular flexibility index (Phi) is 5.02. The first-order chi connectivity index (χ1) is 8.79. The summed E-state index contributed by atoms with van der Waals surface area (Å²) >= 11 is 5.34. The van der Waals surface area contributed by atoms with E-state index in [1.54, 1.807) is 26.0 Å². The van der Waals surface area contributed by atoms with Crippen molar-refractivity contribution in [2.75, 3.05) is 17.0 Å². The Morgan fingerprint density at radius 1 is 1.32 bits per heavy atom. The first-order valence-electron chi connectivity index (χ1n) is 5.36. The number of ether oxygens (including phenoxy) is 1. The van der Waals surface area contributed by atoms with E-state index in [1.807, 2.05) is 0 Å². The number of amides is 1. The van der Waals surface area contributed by atoms with Crippen LogP contribution in [0.5, 0.6) is 5.75 Å². The normalized spacial score (nSPS) is 10.9. The van der Waals surface area contributed by atoms with E-state index in [4.69, 9.17) is 16.3 Å². The van der Waals surface area contributed by atoms with Crippen LogP contribution in [0, 0.1) is 13.8 Å². The van der Waals surface area contributed by atoms with Gasteiger partial charge in [-0.2, -0.15) is 0 Å². The minimum absolute atomic E-state index is 0.336. The number of carbonyl (C=O) groups excluding carboxylic acids is 1. The van der Waals surface area contributed by atoms with E-state index in [-0.39, 0.29) is 0 Å². The minimum Gasteiger partial charge on any atom is -0.410 e. The lowest BCUT2D eigenvalue weighted by Gasteiger charge is -2.14. The number of sulfonamides is 1. The lowest BCUT2D eigenvalue weighted by molar-refractivity contribution is 0.203. The highest BCUT2D eigenvalue weighted by molar-refractivity contribution is 7.93. The predicted molar refractivity (Wildman–Crippen MR) is 74.3 cm³/mol. The molecule has 6 nitrogen and oxygen atoms in total. The lowest BCUT2D eigenvalue weighted by Crippen LogP contribution is -2.22. The van der Waals surface area contributed by atoms with Gasteiger partial charge < -0.3 is 10.1 Å². The molecular formula is C11H15ClN2O4S. The van der Waals surface area contributed by atoms with Crippen LogP contribution in [0.25, 0.3) is 0 Å². The average Bonchev–Trinajstić information content (AvgIpc) is 2.34. The summed E-state index contributed by atoms with van der Waals surface area (Å²) < 4.78 is 30.3. The molecular weight excluding hydrogens is 292 g/mol. The standard InChI is InChI=1S/C11H15ClN2O4S/c1-7-4-9(18-11(15)13-3)5-8(2)10(7)14-19(16,17)6-12/h4-5,14H,6H2,1-3H3,(H,13,15). The van der Waals surface area contributed by atoms with E-state index in [9.17, 15) is 13.2 Å². The van der Waals surface area contributed by atoms with Gasteiger partial charge in [-0.05, 0) is 37.1 Å². The maximum Gasteiger partial charge on any atom is 0.412 e. The molecule has 0 atom stereocenters. The summed E-state index contributed by atoms with van der Waals surface area (Å²) in [6.07, 6.45) is -0.590. The van der Waals surface area contributed by atoms with Gasteiger partial charge in [-0.15, -0.1) is 11.6 Å². The van der Waals surface area contributed by atoms with Crippen LogP contribution in [0.15, 0.2) is 12.1 Å². The number of nitrogens with one attached hydrogen (secondary N) is 2. The number of carbonyl (C=O) groups is 1. The van der Waals surface area contributed by atoms with Crippen molar-refractivity contribution in [3.8, 4) is 5.75 Å². The van der Waals surface area contributed by atoms with E-state index in [0.717, 1.165) is 0 Å². The molecule has 1 amide bonds. The largest absolute Gasteiger partial charge is 0.412 e. The van der Waals surface area contributed by atoms with Crippen molar-refractivity contribution >= 4 is 33.4 Å². The Bertz CT molecular complexity index is 563. The monoisotopic (exact) mass is 306 g/mol. The van der Waals surface area contributed by atoms with Crippen LogP contribution in [-0.4, -0.2) is 26.8 Å². The Hall–Kier alpha value is -1.47. The van der Waals surface area contributed by atoms with Gasteiger partial charge in [0.15, 0.2) is 0 Å². The van der Waals surface area contributed by atoms with Crippen LogP contribution in [0.4, 0.5) is 10.5 Å². The van der Waals surface area contributed by atoms with Gasteiger partial charge in [-0.1, -0.05) is 0 Å². The highest BCUT2D eigenvalue weighted by Gasteiger charge is 2.14. The SMILES string of the molecule is CNC(=O)Oc1cc(C)c(NS(=O)(=O)CCl)c(C)c1. The number of aryl methyl sites for hydroxylation is 2. The second-order valence-corrected chi connectivity index (χ2v) is 6.20. The second kappa shape index (κ2) is 6.12. The molecule has 2 N–H and O–H groups in total. The van der Waals surface area contributed by atoms with E-state index in [1.165, 1.54) is 7.05 Å². The lowest BCUT2D eigenvalue weighted by atomic mass is 10.1. The topological polar surface area (TPSA) is 84.5 Å². The van der Waals surface area contributed by atoms with Gasteiger partial charge in [0, 0.05) is 7.05 Å². The van der Waals surface area contributed by atoms with Gasteiger partial charge >= 0.3 is 6.09 Å². The first kappa shape index (κ1) is 15.6. The Morgan fingerprint density at radius 3 is 2.26 bits per heavy atom. The smallest absolute Gasteiger partial charge is 0.410 e. The Morgan fingerprint density at radius 2 is 1.84 bits per heavy atom. The minimum atomic E-state index is -3.56. The van der Waals surface area contributed by atoms with E-state index >= 15 is 0 Å². The average molecular weight is 307 g/mol. The van der Waals surface area contributed by atoms with Crippen LogP contribution in [-0.2, 0) is 10.0 Å². The quantitative estimate of drug-likeness (QED) is 0.833. The third-order valence-electron chi connectivity index (χ3n) is 2.32. The van der Waals surface area contributed by atoms with Crippen LogP contribution < -0.4 is 14.8 Å². The van der Waals surface area contributed by atoms with Crippen molar-refractivity contribution in [2.45, 2.75) is 13.8 Å². The molecule has 0 fully saturated rings. The number of halogens is 1. The zero-order chi connectivity index (χ0) is 14.6. The summed E-state index contributed by atoms with van der Waals surface area (Å²) in [4.78, 5) is 11.1. The Labute approximate surface area is 117 Å². The molecule has 0 radical (unpaired) electrons. The second-order valence-electron chi connectivity index (χ2n) is 3.90. The fraction of sp³-hybridized carbons (Fsp3) is 0.364. The summed E-state index contributed by atoms with van der Waals surface area (Å²) in [6.45, 7) is 3.41. The third kappa shape index (κ3) is 4.29. The van der Waals surface area contributed by atoms with Crippen LogP contribution in [0.2, 0.25) is 0 Å².